The van der Waals surface area contributed by atoms with Gasteiger partial charge in [0.15, 0.2) is 5.82 Å². The molecule has 23 heavy (non-hydrogen) atoms. The maximum absolute atomic E-state index is 4.42. The number of pyridine rings is 1. The Morgan fingerprint density at radius 2 is 2.22 bits per heavy atom. The van der Waals surface area contributed by atoms with Crippen LogP contribution in [-0.2, 0) is 0 Å². The van der Waals surface area contributed by atoms with Gasteiger partial charge < -0.3 is 9.72 Å². The van der Waals surface area contributed by atoms with Crippen LogP contribution in [-0.4, -0.2) is 45.2 Å². The van der Waals surface area contributed by atoms with Crippen molar-refractivity contribution in [1.29, 1.82) is 0 Å². The van der Waals surface area contributed by atoms with Gasteiger partial charge in [0.1, 0.15) is 0 Å². The molecule has 0 saturated carbocycles. The molecule has 1 N–H and O–H groups in total. The van der Waals surface area contributed by atoms with Gasteiger partial charge in [0.25, 0.3) is 0 Å². The molecule has 4 rings (SSSR count). The van der Waals surface area contributed by atoms with Crippen LogP contribution in [0.5, 0.6) is 0 Å². The van der Waals surface area contributed by atoms with E-state index in [9.17, 15) is 0 Å². The number of nitrogens with one attached hydrogen (secondary N) is 1. The number of hydrogen-bond acceptors (Lipinski definition) is 4. The van der Waals surface area contributed by atoms with Gasteiger partial charge in [0, 0.05) is 29.7 Å². The van der Waals surface area contributed by atoms with Crippen LogP contribution in [0.1, 0.15) is 25.5 Å². The van der Waals surface area contributed by atoms with E-state index in [0.717, 1.165) is 35.5 Å². The van der Waals surface area contributed by atoms with E-state index in [2.05, 4.69) is 62.2 Å². The Morgan fingerprint density at radius 1 is 1.30 bits per heavy atom. The van der Waals surface area contributed by atoms with Gasteiger partial charge in [-0.2, -0.15) is 5.10 Å². The molecule has 120 valence electrons. The average molecular weight is 309 g/mol. The highest BCUT2D eigenvalue weighted by atomic mass is 15.2. The highest BCUT2D eigenvalue weighted by Gasteiger charge is 2.23. The van der Waals surface area contributed by atoms with Gasteiger partial charge in [-0.1, -0.05) is 13.0 Å². The summed E-state index contributed by atoms with van der Waals surface area (Å²) in [5.74, 6) is 0.900. The second-order valence-corrected chi connectivity index (χ2v) is 6.34. The Balaban J connectivity index is 1.69. The van der Waals surface area contributed by atoms with Crippen molar-refractivity contribution in [2.24, 2.45) is 0 Å². The minimum Gasteiger partial charge on any atom is -0.366 e. The summed E-state index contributed by atoms with van der Waals surface area (Å²) in [6.07, 6.45) is 4.65. The molecule has 1 saturated heterocycles. The first kappa shape index (κ1) is 14.5. The molecule has 1 aliphatic rings. The van der Waals surface area contributed by atoms with Gasteiger partial charge in [0.05, 0.1) is 11.2 Å². The third-order valence-electron chi connectivity index (χ3n) is 4.99. The molecule has 3 aromatic heterocycles. The third kappa shape index (κ3) is 2.45. The molecule has 1 aliphatic heterocycles. The summed E-state index contributed by atoms with van der Waals surface area (Å²) < 4.78 is 2.19. The summed E-state index contributed by atoms with van der Waals surface area (Å²) in [5, 5.41) is 13.5. The molecule has 1 atom stereocenters. The molecule has 0 spiro atoms. The summed E-state index contributed by atoms with van der Waals surface area (Å²) in [4.78, 5) is 2.54. The van der Waals surface area contributed by atoms with Gasteiger partial charge in [0.2, 0.25) is 0 Å². The van der Waals surface area contributed by atoms with E-state index in [-0.39, 0.29) is 0 Å². The molecular formula is C18H23N5. The second kappa shape index (κ2) is 5.81. The van der Waals surface area contributed by atoms with Crippen LogP contribution in [0.15, 0.2) is 30.5 Å². The van der Waals surface area contributed by atoms with Gasteiger partial charge >= 0.3 is 0 Å². The lowest BCUT2D eigenvalue weighted by Crippen LogP contribution is -2.34. The fourth-order valence-corrected chi connectivity index (χ4v) is 3.79. The lowest BCUT2D eigenvalue weighted by molar-refractivity contribution is 0.277. The van der Waals surface area contributed by atoms with Crippen molar-refractivity contribution in [3.8, 4) is 0 Å². The minimum atomic E-state index is 0.607. The Morgan fingerprint density at radius 3 is 3.09 bits per heavy atom. The van der Waals surface area contributed by atoms with E-state index in [4.69, 9.17) is 0 Å². The molecule has 5 nitrogen and oxygen atoms in total. The first-order valence-electron chi connectivity index (χ1n) is 8.49. The van der Waals surface area contributed by atoms with E-state index < -0.39 is 0 Å². The van der Waals surface area contributed by atoms with Crippen molar-refractivity contribution in [2.75, 3.05) is 25.0 Å². The third-order valence-corrected chi connectivity index (χ3v) is 4.99. The molecule has 0 aliphatic carbocycles. The first-order valence-corrected chi connectivity index (χ1v) is 8.49. The fraction of sp³-hybridized carbons (Fsp3) is 0.444. The molecule has 5 heteroatoms. The second-order valence-electron chi connectivity index (χ2n) is 6.34. The van der Waals surface area contributed by atoms with Crippen molar-refractivity contribution in [3.63, 3.8) is 0 Å². The SMILES string of the molecule is CCN1CCCC1CNc1nnc(C)c2c1cc1ccccn12. The van der Waals surface area contributed by atoms with E-state index in [0.29, 0.717) is 6.04 Å². The van der Waals surface area contributed by atoms with Crippen LogP contribution in [0.3, 0.4) is 0 Å². The van der Waals surface area contributed by atoms with Crippen LogP contribution < -0.4 is 5.32 Å². The molecule has 0 aromatic carbocycles. The monoisotopic (exact) mass is 309 g/mol. The number of aromatic nitrogens is 3. The number of rotatable bonds is 4. The van der Waals surface area contributed by atoms with Crippen molar-refractivity contribution in [1.82, 2.24) is 19.5 Å². The van der Waals surface area contributed by atoms with Gasteiger partial charge in [-0.3, -0.25) is 4.90 Å². The standard InChI is InChI=1S/C18H23N5/c1-3-22-9-6-8-15(22)12-19-18-16-11-14-7-4-5-10-23(14)17(16)13(2)20-21-18/h4-5,7,10-11,15H,3,6,8-9,12H2,1-2H3,(H,19,21). The normalized spacial score (nSPS) is 19.0. The van der Waals surface area contributed by atoms with Gasteiger partial charge in [-0.05, 0) is 51.1 Å². The zero-order valence-corrected chi connectivity index (χ0v) is 13.8. The highest BCUT2D eigenvalue weighted by Crippen LogP contribution is 2.27. The van der Waals surface area contributed by atoms with Crippen molar-refractivity contribution in [2.45, 2.75) is 32.7 Å². The number of likely N-dealkylation sites (tertiary alicyclic amines) is 1. The summed E-state index contributed by atoms with van der Waals surface area (Å²) in [5.41, 5.74) is 3.30. The molecule has 0 amide bonds. The zero-order valence-electron chi connectivity index (χ0n) is 13.8. The highest BCUT2D eigenvalue weighted by molar-refractivity contribution is 5.96. The van der Waals surface area contributed by atoms with Crippen LogP contribution in [0.25, 0.3) is 16.4 Å². The quantitative estimate of drug-likeness (QED) is 0.804. The maximum Gasteiger partial charge on any atom is 0.158 e. The Hall–Kier alpha value is -2.14. The minimum absolute atomic E-state index is 0.607. The van der Waals surface area contributed by atoms with Crippen LogP contribution >= 0.6 is 0 Å². The molecule has 3 aromatic rings. The average Bonchev–Trinajstić information content (AvgIpc) is 3.18. The van der Waals surface area contributed by atoms with Crippen LogP contribution in [0.4, 0.5) is 5.82 Å². The van der Waals surface area contributed by atoms with E-state index in [1.807, 2.05) is 6.92 Å². The molecular weight excluding hydrogens is 286 g/mol. The van der Waals surface area contributed by atoms with Crippen molar-refractivity contribution < 1.29 is 0 Å². The van der Waals surface area contributed by atoms with Crippen molar-refractivity contribution >= 4 is 22.2 Å². The predicted octanol–water partition coefficient (Wildman–Crippen LogP) is 3.09. The van der Waals surface area contributed by atoms with Crippen molar-refractivity contribution in [3.05, 3.63) is 36.2 Å². The molecule has 1 fully saturated rings. The lowest BCUT2D eigenvalue weighted by Gasteiger charge is -2.23. The molecule has 0 radical (unpaired) electrons. The summed E-state index contributed by atoms with van der Waals surface area (Å²) in [6.45, 7) is 7.54. The van der Waals surface area contributed by atoms with E-state index in [1.54, 1.807) is 0 Å². The van der Waals surface area contributed by atoms with E-state index in [1.165, 1.54) is 24.9 Å². The maximum atomic E-state index is 4.42. The lowest BCUT2D eigenvalue weighted by atomic mass is 10.2. The molecule has 4 heterocycles. The predicted molar refractivity (Wildman–Crippen MR) is 94.0 cm³/mol. The number of likely N-dealkylation sites (N-methyl/N-ethyl adjacent to an activating group) is 1. The van der Waals surface area contributed by atoms with Crippen LogP contribution in [0.2, 0.25) is 0 Å². The number of fused-ring (bicyclic) bond motifs is 3. The smallest absolute Gasteiger partial charge is 0.158 e. The number of aryl methyl sites for hydroxylation is 1. The topological polar surface area (TPSA) is 45.5 Å². The summed E-state index contributed by atoms with van der Waals surface area (Å²) in [7, 11) is 0. The number of anilines is 1. The van der Waals surface area contributed by atoms with E-state index >= 15 is 0 Å². The fourth-order valence-electron chi connectivity index (χ4n) is 3.79. The first-order chi connectivity index (χ1) is 11.3. The number of hydrogen-bond donors (Lipinski definition) is 1. The Kier molecular flexibility index (Phi) is 3.65. The van der Waals surface area contributed by atoms with Gasteiger partial charge in [-0.15, -0.1) is 5.10 Å². The molecule has 0 bridgehead atoms. The summed E-state index contributed by atoms with van der Waals surface area (Å²) >= 11 is 0. The van der Waals surface area contributed by atoms with Gasteiger partial charge in [-0.25, -0.2) is 0 Å². The number of nitrogens with zero attached hydrogens (tertiary/aromatic N) is 4. The Bertz CT molecular complexity index is 838. The van der Waals surface area contributed by atoms with Crippen LogP contribution in [0, 0.1) is 6.92 Å². The molecule has 1 unspecified atom stereocenters. The summed E-state index contributed by atoms with van der Waals surface area (Å²) in [6, 6.07) is 9.05. The zero-order chi connectivity index (χ0) is 15.8. The Labute approximate surface area is 136 Å². The largest absolute Gasteiger partial charge is 0.366 e.